The Morgan fingerprint density at radius 1 is 1.55 bits per heavy atom. The first kappa shape index (κ1) is 7.72. The Labute approximate surface area is 64.8 Å². The van der Waals surface area contributed by atoms with E-state index < -0.39 is 5.92 Å². The first-order valence-corrected chi connectivity index (χ1v) is 3.36. The molecule has 1 aliphatic carbocycles. The average molecular weight is 151 g/mol. The zero-order chi connectivity index (χ0) is 8.27. The van der Waals surface area contributed by atoms with Crippen molar-refractivity contribution in [2.24, 2.45) is 5.92 Å². The van der Waals surface area contributed by atoms with E-state index in [-0.39, 0.29) is 11.7 Å². The van der Waals surface area contributed by atoms with E-state index in [2.05, 4.69) is 5.32 Å². The first-order valence-electron chi connectivity index (χ1n) is 3.36. The van der Waals surface area contributed by atoms with Gasteiger partial charge in [0.15, 0.2) is 5.78 Å². The van der Waals surface area contributed by atoms with Crippen LogP contribution in [0.1, 0.15) is 0 Å². The Balaban J connectivity index is 2.73. The fraction of sp³-hybridized carbons (Fsp3) is 0.250. The fourth-order valence-electron chi connectivity index (χ4n) is 0.896. The highest BCUT2D eigenvalue weighted by molar-refractivity contribution is 6.09. The van der Waals surface area contributed by atoms with Crippen LogP contribution in [-0.2, 0) is 9.59 Å². The van der Waals surface area contributed by atoms with Gasteiger partial charge in [-0.3, -0.25) is 9.59 Å². The lowest BCUT2D eigenvalue weighted by Crippen LogP contribution is -2.31. The van der Waals surface area contributed by atoms with Crippen LogP contribution in [0.4, 0.5) is 0 Å². The molecule has 1 N–H and O–H groups in total. The molecule has 0 aliphatic heterocycles. The zero-order valence-corrected chi connectivity index (χ0v) is 6.20. The summed E-state index contributed by atoms with van der Waals surface area (Å²) in [4.78, 5) is 22.0. The van der Waals surface area contributed by atoms with Gasteiger partial charge < -0.3 is 5.32 Å². The van der Waals surface area contributed by atoms with Crippen molar-refractivity contribution in [1.82, 2.24) is 5.32 Å². The van der Waals surface area contributed by atoms with E-state index in [9.17, 15) is 9.59 Å². The van der Waals surface area contributed by atoms with Crippen LogP contribution < -0.4 is 5.32 Å². The molecule has 0 aromatic rings. The maximum absolute atomic E-state index is 11.0. The van der Waals surface area contributed by atoms with Gasteiger partial charge in [0.05, 0.1) is 0 Å². The second-order valence-corrected chi connectivity index (χ2v) is 2.24. The van der Waals surface area contributed by atoms with Crippen molar-refractivity contribution in [2.75, 3.05) is 7.05 Å². The maximum atomic E-state index is 11.0. The molecule has 11 heavy (non-hydrogen) atoms. The van der Waals surface area contributed by atoms with Gasteiger partial charge in [-0.05, 0) is 6.08 Å². The minimum atomic E-state index is -0.620. The second-order valence-electron chi connectivity index (χ2n) is 2.24. The summed E-state index contributed by atoms with van der Waals surface area (Å²) in [5.41, 5.74) is 0. The quantitative estimate of drug-likeness (QED) is 0.538. The number of allylic oxidation sites excluding steroid dienone is 3. The van der Waals surface area contributed by atoms with Gasteiger partial charge in [-0.15, -0.1) is 0 Å². The minimum absolute atomic E-state index is 0.160. The molecule has 1 amide bonds. The SMILES string of the molecule is CNC(=O)C1C=CC=CC1=O. The topological polar surface area (TPSA) is 46.2 Å². The molecule has 1 rings (SSSR count). The second kappa shape index (κ2) is 3.14. The summed E-state index contributed by atoms with van der Waals surface area (Å²) in [6.45, 7) is 0. The number of hydrogen-bond acceptors (Lipinski definition) is 2. The highest BCUT2D eigenvalue weighted by atomic mass is 16.2. The molecule has 0 saturated heterocycles. The van der Waals surface area contributed by atoms with E-state index in [1.54, 1.807) is 18.2 Å². The van der Waals surface area contributed by atoms with Gasteiger partial charge in [-0.1, -0.05) is 18.2 Å². The molecule has 0 saturated carbocycles. The summed E-state index contributed by atoms with van der Waals surface area (Å²) in [5.74, 6) is -1.03. The predicted molar refractivity (Wildman–Crippen MR) is 40.8 cm³/mol. The Bertz CT molecular complexity index is 240. The normalized spacial score (nSPS) is 21.9. The van der Waals surface area contributed by atoms with Gasteiger partial charge in [0.1, 0.15) is 5.92 Å². The zero-order valence-electron chi connectivity index (χ0n) is 6.20. The third-order valence-corrected chi connectivity index (χ3v) is 1.51. The number of nitrogens with one attached hydrogen (secondary N) is 1. The lowest BCUT2D eigenvalue weighted by Gasteiger charge is -2.08. The summed E-state index contributed by atoms with van der Waals surface area (Å²) < 4.78 is 0. The largest absolute Gasteiger partial charge is 0.358 e. The summed E-state index contributed by atoms with van der Waals surface area (Å²) in [7, 11) is 1.52. The van der Waals surface area contributed by atoms with Crippen LogP contribution in [0.15, 0.2) is 24.3 Å². The van der Waals surface area contributed by atoms with Crippen molar-refractivity contribution in [3.8, 4) is 0 Å². The number of carbonyl (C=O) groups excluding carboxylic acids is 2. The molecule has 0 spiro atoms. The molecular weight excluding hydrogens is 142 g/mol. The molecule has 3 heteroatoms. The van der Waals surface area contributed by atoms with Crippen molar-refractivity contribution in [1.29, 1.82) is 0 Å². The van der Waals surface area contributed by atoms with Gasteiger partial charge in [-0.2, -0.15) is 0 Å². The van der Waals surface area contributed by atoms with E-state index in [0.29, 0.717) is 0 Å². The van der Waals surface area contributed by atoms with Crippen LogP contribution in [0.3, 0.4) is 0 Å². The summed E-state index contributed by atoms with van der Waals surface area (Å²) in [5, 5.41) is 2.42. The number of rotatable bonds is 1. The molecule has 3 nitrogen and oxygen atoms in total. The van der Waals surface area contributed by atoms with Crippen molar-refractivity contribution < 1.29 is 9.59 Å². The van der Waals surface area contributed by atoms with E-state index in [4.69, 9.17) is 0 Å². The van der Waals surface area contributed by atoms with E-state index in [1.165, 1.54) is 13.1 Å². The highest BCUT2D eigenvalue weighted by Gasteiger charge is 2.21. The lowest BCUT2D eigenvalue weighted by molar-refractivity contribution is -0.129. The van der Waals surface area contributed by atoms with Gasteiger partial charge in [0, 0.05) is 7.05 Å². The molecule has 1 aliphatic rings. The van der Waals surface area contributed by atoms with Crippen LogP contribution >= 0.6 is 0 Å². The third kappa shape index (κ3) is 1.55. The van der Waals surface area contributed by atoms with Crippen molar-refractivity contribution >= 4 is 11.7 Å². The van der Waals surface area contributed by atoms with Crippen LogP contribution in [0.5, 0.6) is 0 Å². The Morgan fingerprint density at radius 3 is 2.82 bits per heavy atom. The van der Waals surface area contributed by atoms with Crippen LogP contribution in [0, 0.1) is 5.92 Å². The van der Waals surface area contributed by atoms with E-state index in [1.807, 2.05) is 0 Å². The van der Waals surface area contributed by atoms with Gasteiger partial charge in [0.25, 0.3) is 0 Å². The lowest BCUT2D eigenvalue weighted by atomic mass is 9.99. The monoisotopic (exact) mass is 151 g/mol. The summed E-state index contributed by atoms with van der Waals surface area (Å²) >= 11 is 0. The third-order valence-electron chi connectivity index (χ3n) is 1.51. The standard InChI is InChI=1S/C8H9NO2/c1-9-8(11)6-4-2-3-5-7(6)10/h2-6H,1H3,(H,9,11). The van der Waals surface area contributed by atoms with Crippen molar-refractivity contribution in [3.63, 3.8) is 0 Å². The Kier molecular flexibility index (Phi) is 2.21. The van der Waals surface area contributed by atoms with Crippen LogP contribution in [-0.4, -0.2) is 18.7 Å². The molecule has 58 valence electrons. The van der Waals surface area contributed by atoms with Crippen LogP contribution in [0.2, 0.25) is 0 Å². The molecule has 0 aromatic heterocycles. The highest BCUT2D eigenvalue weighted by Crippen LogP contribution is 2.06. The molecule has 0 radical (unpaired) electrons. The number of ketones is 1. The van der Waals surface area contributed by atoms with E-state index in [0.717, 1.165) is 0 Å². The summed E-state index contributed by atoms with van der Waals surface area (Å²) in [6, 6.07) is 0. The Morgan fingerprint density at radius 2 is 2.27 bits per heavy atom. The smallest absolute Gasteiger partial charge is 0.234 e. The Hall–Kier alpha value is -1.38. The predicted octanol–water partition coefficient (Wildman–Crippen LogP) is 0.0437. The molecule has 1 atom stereocenters. The van der Waals surface area contributed by atoms with Crippen LogP contribution in [0.25, 0.3) is 0 Å². The van der Waals surface area contributed by atoms with E-state index >= 15 is 0 Å². The van der Waals surface area contributed by atoms with Gasteiger partial charge in [-0.25, -0.2) is 0 Å². The fourth-order valence-corrected chi connectivity index (χ4v) is 0.896. The molecule has 0 aromatic carbocycles. The van der Waals surface area contributed by atoms with Gasteiger partial charge in [0.2, 0.25) is 5.91 Å². The average Bonchev–Trinajstić information content (AvgIpc) is 2.04. The number of amides is 1. The summed E-state index contributed by atoms with van der Waals surface area (Å²) in [6.07, 6.45) is 6.31. The van der Waals surface area contributed by atoms with Crippen molar-refractivity contribution in [2.45, 2.75) is 0 Å². The maximum Gasteiger partial charge on any atom is 0.234 e. The van der Waals surface area contributed by atoms with Crippen molar-refractivity contribution in [3.05, 3.63) is 24.3 Å². The molecular formula is C8H9NO2. The minimum Gasteiger partial charge on any atom is -0.358 e. The molecule has 1 unspecified atom stereocenters. The van der Waals surface area contributed by atoms with Gasteiger partial charge >= 0.3 is 0 Å². The number of hydrogen-bond donors (Lipinski definition) is 1. The number of carbonyl (C=O) groups is 2. The molecule has 0 fully saturated rings. The first-order chi connectivity index (χ1) is 5.25. The molecule has 0 heterocycles. The molecule has 0 bridgehead atoms.